The summed E-state index contributed by atoms with van der Waals surface area (Å²) in [4.78, 5) is 0. The van der Waals surface area contributed by atoms with Crippen molar-refractivity contribution in [3.63, 3.8) is 0 Å². The van der Waals surface area contributed by atoms with E-state index in [2.05, 4.69) is 18.9 Å². The lowest BCUT2D eigenvalue weighted by atomic mass is 10.2. The van der Waals surface area contributed by atoms with E-state index >= 15 is 0 Å². The van der Waals surface area contributed by atoms with Crippen molar-refractivity contribution in [1.82, 2.24) is 9.78 Å². The first kappa shape index (κ1) is 14.2. The first-order valence-corrected chi connectivity index (χ1v) is 6.51. The van der Waals surface area contributed by atoms with Crippen LogP contribution in [0.2, 0.25) is 0 Å². The molecule has 0 aromatic carbocycles. The van der Waals surface area contributed by atoms with Crippen molar-refractivity contribution in [2.45, 2.75) is 52.2 Å². The smallest absolute Gasteiger partial charge is 0.0829 e. The molecule has 17 heavy (non-hydrogen) atoms. The van der Waals surface area contributed by atoms with E-state index in [9.17, 15) is 5.11 Å². The minimum atomic E-state index is -0.458. The van der Waals surface area contributed by atoms with Crippen molar-refractivity contribution in [2.24, 2.45) is 0 Å². The first-order valence-electron chi connectivity index (χ1n) is 6.51. The van der Waals surface area contributed by atoms with Gasteiger partial charge in [0.25, 0.3) is 0 Å². The van der Waals surface area contributed by atoms with E-state index in [1.54, 1.807) is 0 Å². The zero-order chi connectivity index (χ0) is 12.7. The Hall–Kier alpha value is -0.870. The number of aliphatic hydroxyl groups excluding tert-OH is 1. The van der Waals surface area contributed by atoms with Crippen LogP contribution in [0, 0.1) is 0 Å². The fourth-order valence-electron chi connectivity index (χ4n) is 1.91. The monoisotopic (exact) mass is 240 g/mol. The van der Waals surface area contributed by atoms with Crippen LogP contribution < -0.4 is 0 Å². The van der Waals surface area contributed by atoms with Gasteiger partial charge in [0.1, 0.15) is 0 Å². The van der Waals surface area contributed by atoms with E-state index in [4.69, 9.17) is 4.74 Å². The van der Waals surface area contributed by atoms with Crippen molar-refractivity contribution < 1.29 is 9.84 Å². The molecular formula is C13H24N2O2. The summed E-state index contributed by atoms with van der Waals surface area (Å²) in [6, 6.07) is 2.45. The lowest BCUT2D eigenvalue weighted by Crippen LogP contribution is -2.18. The summed E-state index contributed by atoms with van der Waals surface area (Å²) in [5.74, 6) is 0. The molecule has 0 spiro atoms. The summed E-state index contributed by atoms with van der Waals surface area (Å²) >= 11 is 0. The van der Waals surface area contributed by atoms with Gasteiger partial charge >= 0.3 is 0 Å². The van der Waals surface area contributed by atoms with Gasteiger partial charge in [0.2, 0.25) is 0 Å². The van der Waals surface area contributed by atoms with Crippen LogP contribution in [0.1, 0.15) is 45.3 Å². The number of nitrogens with zero attached hydrogens (tertiary/aromatic N) is 2. The molecule has 0 amide bonds. The average Bonchev–Trinajstić information content (AvgIpc) is 2.76. The average molecular weight is 240 g/mol. The fourth-order valence-corrected chi connectivity index (χ4v) is 1.91. The second-order valence-electron chi connectivity index (χ2n) is 4.27. The Balaban J connectivity index is 2.50. The summed E-state index contributed by atoms with van der Waals surface area (Å²) in [6.07, 6.45) is 4.27. The lowest BCUT2D eigenvalue weighted by Gasteiger charge is -2.13. The number of hydrogen-bond acceptors (Lipinski definition) is 3. The van der Waals surface area contributed by atoms with Crippen molar-refractivity contribution in [1.29, 1.82) is 0 Å². The van der Waals surface area contributed by atoms with Gasteiger partial charge in [0.15, 0.2) is 0 Å². The minimum absolute atomic E-state index is 0.383. The van der Waals surface area contributed by atoms with Crippen LogP contribution >= 0.6 is 0 Å². The summed E-state index contributed by atoms with van der Waals surface area (Å²) < 4.78 is 7.18. The Morgan fingerprint density at radius 3 is 2.65 bits per heavy atom. The third-order valence-electron chi connectivity index (χ3n) is 2.94. The van der Waals surface area contributed by atoms with Gasteiger partial charge in [-0.25, -0.2) is 0 Å². The lowest BCUT2D eigenvalue weighted by molar-refractivity contribution is 0.0424. The zero-order valence-corrected chi connectivity index (χ0v) is 11.1. The standard InChI is InChI=1S/C13H24N2O2/c1-4-12(5-2)15-8-7-11(14-15)9-13(16)10-17-6-3/h7-8,12-13,16H,4-6,9-10H2,1-3H3. The Kier molecular flexibility index (Phi) is 6.22. The Labute approximate surface area is 104 Å². The van der Waals surface area contributed by atoms with E-state index < -0.39 is 6.10 Å². The molecule has 0 fully saturated rings. The second kappa shape index (κ2) is 7.45. The molecule has 4 heteroatoms. The minimum Gasteiger partial charge on any atom is -0.390 e. The van der Waals surface area contributed by atoms with E-state index in [1.165, 1.54) is 0 Å². The molecule has 4 nitrogen and oxygen atoms in total. The van der Waals surface area contributed by atoms with Crippen LogP contribution in [0.4, 0.5) is 0 Å². The van der Waals surface area contributed by atoms with Crippen molar-refractivity contribution in [3.05, 3.63) is 18.0 Å². The van der Waals surface area contributed by atoms with Gasteiger partial charge in [-0.15, -0.1) is 0 Å². The van der Waals surface area contributed by atoms with Gasteiger partial charge in [-0.2, -0.15) is 5.10 Å². The SMILES string of the molecule is CCOCC(O)Cc1ccn(C(CC)CC)n1. The summed E-state index contributed by atoms with van der Waals surface area (Å²) in [5, 5.41) is 14.2. The van der Waals surface area contributed by atoms with E-state index in [1.807, 2.05) is 23.9 Å². The molecular weight excluding hydrogens is 216 g/mol. The number of aliphatic hydroxyl groups is 1. The van der Waals surface area contributed by atoms with Crippen LogP contribution in [0.3, 0.4) is 0 Å². The molecule has 0 saturated heterocycles. The third kappa shape index (κ3) is 4.48. The number of ether oxygens (including phenoxy) is 1. The maximum Gasteiger partial charge on any atom is 0.0829 e. The Bertz CT molecular complexity index is 308. The largest absolute Gasteiger partial charge is 0.390 e. The highest BCUT2D eigenvalue weighted by Crippen LogP contribution is 2.14. The van der Waals surface area contributed by atoms with Crippen LogP contribution in [-0.2, 0) is 11.2 Å². The molecule has 0 bridgehead atoms. The van der Waals surface area contributed by atoms with Gasteiger partial charge in [-0.05, 0) is 25.8 Å². The summed E-state index contributed by atoms with van der Waals surface area (Å²) in [5.41, 5.74) is 0.934. The first-order chi connectivity index (χ1) is 8.21. The van der Waals surface area contributed by atoms with Gasteiger partial charge in [-0.3, -0.25) is 4.68 Å². The molecule has 0 aliphatic heterocycles. The molecule has 0 radical (unpaired) electrons. The maximum absolute atomic E-state index is 9.72. The number of hydrogen-bond donors (Lipinski definition) is 1. The van der Waals surface area contributed by atoms with E-state index in [0.29, 0.717) is 25.7 Å². The van der Waals surface area contributed by atoms with Crippen molar-refractivity contribution in [2.75, 3.05) is 13.2 Å². The summed E-state index contributed by atoms with van der Waals surface area (Å²) in [6.45, 7) is 7.28. The number of aromatic nitrogens is 2. The van der Waals surface area contributed by atoms with Crippen LogP contribution in [0.15, 0.2) is 12.3 Å². The normalized spacial score (nSPS) is 13.2. The van der Waals surface area contributed by atoms with E-state index in [0.717, 1.165) is 18.5 Å². The highest BCUT2D eigenvalue weighted by molar-refractivity contribution is 5.01. The molecule has 0 aliphatic carbocycles. The molecule has 1 unspecified atom stereocenters. The van der Waals surface area contributed by atoms with E-state index in [-0.39, 0.29) is 0 Å². The highest BCUT2D eigenvalue weighted by atomic mass is 16.5. The van der Waals surface area contributed by atoms with Crippen LogP contribution in [-0.4, -0.2) is 34.2 Å². The molecule has 0 saturated carbocycles. The molecule has 0 aliphatic rings. The molecule has 1 heterocycles. The summed E-state index contributed by atoms with van der Waals surface area (Å²) in [7, 11) is 0. The van der Waals surface area contributed by atoms with Gasteiger partial charge in [-0.1, -0.05) is 13.8 Å². The van der Waals surface area contributed by atoms with Gasteiger partial charge < -0.3 is 9.84 Å². The maximum atomic E-state index is 9.72. The molecule has 1 aromatic rings. The molecule has 1 aromatic heterocycles. The third-order valence-corrected chi connectivity index (χ3v) is 2.94. The Morgan fingerprint density at radius 1 is 1.35 bits per heavy atom. The quantitative estimate of drug-likeness (QED) is 0.757. The molecule has 1 rings (SSSR count). The van der Waals surface area contributed by atoms with Gasteiger partial charge in [0, 0.05) is 19.2 Å². The van der Waals surface area contributed by atoms with Crippen LogP contribution in [0.25, 0.3) is 0 Å². The molecule has 1 N–H and O–H groups in total. The second-order valence-corrected chi connectivity index (χ2v) is 4.27. The predicted molar refractivity (Wildman–Crippen MR) is 68.0 cm³/mol. The highest BCUT2D eigenvalue weighted by Gasteiger charge is 2.11. The van der Waals surface area contributed by atoms with Crippen molar-refractivity contribution >= 4 is 0 Å². The Morgan fingerprint density at radius 2 is 2.06 bits per heavy atom. The molecule has 1 atom stereocenters. The van der Waals surface area contributed by atoms with Gasteiger partial charge in [0.05, 0.1) is 24.4 Å². The number of rotatable bonds is 8. The predicted octanol–water partition coefficient (Wildman–Crippen LogP) is 2.18. The molecule has 98 valence electrons. The topological polar surface area (TPSA) is 47.3 Å². The fraction of sp³-hybridized carbons (Fsp3) is 0.769. The van der Waals surface area contributed by atoms with Crippen LogP contribution in [0.5, 0.6) is 0 Å². The van der Waals surface area contributed by atoms with Crippen molar-refractivity contribution in [3.8, 4) is 0 Å². The zero-order valence-electron chi connectivity index (χ0n) is 11.1.